The first-order valence-corrected chi connectivity index (χ1v) is 10.6. The van der Waals surface area contributed by atoms with Crippen molar-refractivity contribution in [1.29, 1.82) is 0 Å². The van der Waals surface area contributed by atoms with Crippen molar-refractivity contribution in [2.24, 2.45) is 5.92 Å². The molecule has 7 nitrogen and oxygen atoms in total. The maximum Gasteiger partial charge on any atom is 0.210 e. The van der Waals surface area contributed by atoms with Crippen LogP contribution in [0.2, 0.25) is 0 Å². The van der Waals surface area contributed by atoms with Gasteiger partial charge in [-0.05, 0) is 36.2 Å². The van der Waals surface area contributed by atoms with Gasteiger partial charge in [0.25, 0.3) is 0 Å². The highest BCUT2D eigenvalue weighted by Crippen LogP contribution is 2.31. The second kappa shape index (κ2) is 7.38. The molecule has 8 heteroatoms. The van der Waals surface area contributed by atoms with E-state index in [9.17, 15) is 4.79 Å². The highest BCUT2D eigenvalue weighted by Gasteiger charge is 2.13. The smallest absolute Gasteiger partial charge is 0.210 e. The summed E-state index contributed by atoms with van der Waals surface area (Å²) < 4.78 is 0. The lowest BCUT2D eigenvalue weighted by molar-refractivity contribution is 0.0964. The Labute approximate surface area is 176 Å². The van der Waals surface area contributed by atoms with Gasteiger partial charge in [-0.1, -0.05) is 37.3 Å². The van der Waals surface area contributed by atoms with E-state index in [2.05, 4.69) is 30.7 Å². The zero-order valence-corrected chi connectivity index (χ0v) is 17.4. The molecule has 30 heavy (non-hydrogen) atoms. The normalized spacial score (nSPS) is 11.6. The predicted molar refractivity (Wildman–Crippen MR) is 120 cm³/mol. The number of aromatic nitrogens is 5. The second-order valence-corrected chi connectivity index (χ2v) is 8.69. The van der Waals surface area contributed by atoms with Crippen molar-refractivity contribution in [2.45, 2.75) is 20.3 Å². The average molecular weight is 417 g/mol. The number of nitrogens with one attached hydrogen (secondary N) is 3. The Balaban J connectivity index is 1.38. The van der Waals surface area contributed by atoms with Gasteiger partial charge in [-0.15, -0.1) is 10.2 Å². The van der Waals surface area contributed by atoms with Gasteiger partial charge in [0.15, 0.2) is 5.78 Å². The van der Waals surface area contributed by atoms with E-state index in [1.54, 1.807) is 6.20 Å². The van der Waals surface area contributed by atoms with Gasteiger partial charge in [-0.2, -0.15) is 5.10 Å². The summed E-state index contributed by atoms with van der Waals surface area (Å²) in [4.78, 5) is 15.6. The molecule has 3 N–H and O–H groups in total. The number of hydrogen-bond donors (Lipinski definition) is 3. The fourth-order valence-electron chi connectivity index (χ4n) is 3.43. The van der Waals surface area contributed by atoms with Gasteiger partial charge in [0.2, 0.25) is 5.13 Å². The number of benzene rings is 2. The first-order chi connectivity index (χ1) is 14.5. The molecule has 0 saturated carbocycles. The number of nitrogens with zero attached hydrogens (tertiary/aromatic N) is 3. The minimum atomic E-state index is 0.139. The third kappa shape index (κ3) is 3.57. The average Bonchev–Trinajstić information content (AvgIpc) is 3.45. The molecule has 0 spiro atoms. The summed E-state index contributed by atoms with van der Waals surface area (Å²) in [5.41, 5.74) is 4.46. The fraction of sp³-hybridized carbons (Fsp3) is 0.182. The van der Waals surface area contributed by atoms with Crippen molar-refractivity contribution in [2.75, 3.05) is 5.32 Å². The molecule has 0 radical (unpaired) electrons. The molecular weight excluding hydrogens is 396 g/mol. The van der Waals surface area contributed by atoms with Crippen LogP contribution in [0.5, 0.6) is 0 Å². The second-order valence-electron chi connectivity index (χ2n) is 7.72. The Morgan fingerprint density at radius 2 is 1.97 bits per heavy atom. The molecule has 3 aromatic heterocycles. The molecule has 5 aromatic rings. The number of ketones is 1. The molecular formula is C22H20N6OS. The quantitative estimate of drug-likeness (QED) is 0.316. The Hall–Kier alpha value is -3.52. The summed E-state index contributed by atoms with van der Waals surface area (Å²) in [6.45, 7) is 4.10. The van der Waals surface area contributed by atoms with Gasteiger partial charge in [-0.25, -0.2) is 0 Å². The number of Topliss-reactive ketones (excluding diaryl/α,β-unsaturated/α-hetero) is 1. The SMILES string of the molecule is CC(C)CC(=O)c1cc2ccc(-c3nnc(Nc4ccc5[nH]ncc5c4)s3)cc2[nH]1. The van der Waals surface area contributed by atoms with Crippen LogP contribution in [0.25, 0.3) is 32.4 Å². The van der Waals surface area contributed by atoms with Crippen LogP contribution in [0.1, 0.15) is 30.8 Å². The highest BCUT2D eigenvalue weighted by molar-refractivity contribution is 7.18. The van der Waals surface area contributed by atoms with E-state index >= 15 is 0 Å². The summed E-state index contributed by atoms with van der Waals surface area (Å²) in [5, 5.41) is 22.5. The number of hydrogen-bond acceptors (Lipinski definition) is 6. The summed E-state index contributed by atoms with van der Waals surface area (Å²) in [7, 11) is 0. The van der Waals surface area contributed by atoms with Crippen LogP contribution in [-0.2, 0) is 0 Å². The zero-order chi connectivity index (χ0) is 20.7. The van der Waals surface area contributed by atoms with Crippen LogP contribution >= 0.6 is 11.3 Å². The number of aromatic amines is 2. The molecule has 0 bridgehead atoms. The number of anilines is 2. The molecule has 0 fully saturated rings. The lowest BCUT2D eigenvalue weighted by atomic mass is 10.1. The Morgan fingerprint density at radius 3 is 2.83 bits per heavy atom. The van der Waals surface area contributed by atoms with Crippen LogP contribution in [-0.4, -0.2) is 31.2 Å². The molecule has 0 aliphatic carbocycles. The lowest BCUT2D eigenvalue weighted by Gasteiger charge is -2.01. The molecule has 0 unspecified atom stereocenters. The Bertz CT molecular complexity index is 1360. The monoisotopic (exact) mass is 416 g/mol. The van der Waals surface area contributed by atoms with Gasteiger partial charge in [0, 0.05) is 34.0 Å². The van der Waals surface area contributed by atoms with Crippen molar-refractivity contribution >= 4 is 49.7 Å². The first-order valence-electron chi connectivity index (χ1n) is 9.75. The van der Waals surface area contributed by atoms with E-state index in [0.717, 1.165) is 38.1 Å². The van der Waals surface area contributed by atoms with Crippen LogP contribution in [0.3, 0.4) is 0 Å². The van der Waals surface area contributed by atoms with E-state index in [4.69, 9.17) is 0 Å². The van der Waals surface area contributed by atoms with Gasteiger partial charge in [0.1, 0.15) is 5.01 Å². The van der Waals surface area contributed by atoms with Gasteiger partial charge in [0.05, 0.1) is 17.4 Å². The Kier molecular flexibility index (Phi) is 4.55. The van der Waals surface area contributed by atoms with Crippen molar-refractivity contribution in [3.05, 3.63) is 54.4 Å². The van der Waals surface area contributed by atoms with Crippen molar-refractivity contribution in [1.82, 2.24) is 25.4 Å². The molecule has 0 atom stereocenters. The topological polar surface area (TPSA) is 99.3 Å². The van der Waals surface area contributed by atoms with E-state index in [0.29, 0.717) is 23.2 Å². The maximum absolute atomic E-state index is 12.4. The summed E-state index contributed by atoms with van der Waals surface area (Å²) in [6.07, 6.45) is 2.33. The minimum absolute atomic E-state index is 0.139. The van der Waals surface area contributed by atoms with Crippen LogP contribution in [0.15, 0.2) is 48.7 Å². The number of carbonyl (C=O) groups excluding carboxylic acids is 1. The fourth-order valence-corrected chi connectivity index (χ4v) is 4.19. The van der Waals surface area contributed by atoms with Gasteiger partial charge >= 0.3 is 0 Å². The summed E-state index contributed by atoms with van der Waals surface area (Å²) in [6, 6.07) is 13.9. The predicted octanol–water partition coefficient (Wildman–Crippen LogP) is 5.54. The molecule has 0 aliphatic rings. The molecule has 0 saturated heterocycles. The summed E-state index contributed by atoms with van der Waals surface area (Å²) in [5.74, 6) is 0.473. The molecule has 2 aromatic carbocycles. The lowest BCUT2D eigenvalue weighted by Crippen LogP contribution is -2.03. The largest absolute Gasteiger partial charge is 0.352 e. The zero-order valence-electron chi connectivity index (χ0n) is 16.6. The van der Waals surface area contributed by atoms with Crippen molar-refractivity contribution in [3.63, 3.8) is 0 Å². The minimum Gasteiger partial charge on any atom is -0.352 e. The number of carbonyl (C=O) groups is 1. The van der Waals surface area contributed by atoms with Crippen LogP contribution < -0.4 is 5.32 Å². The molecule has 0 amide bonds. The van der Waals surface area contributed by atoms with Crippen LogP contribution in [0, 0.1) is 5.92 Å². The van der Waals surface area contributed by atoms with E-state index < -0.39 is 0 Å². The van der Waals surface area contributed by atoms with Crippen LogP contribution in [0.4, 0.5) is 10.8 Å². The third-order valence-corrected chi connectivity index (χ3v) is 5.77. The maximum atomic E-state index is 12.4. The summed E-state index contributed by atoms with van der Waals surface area (Å²) >= 11 is 1.48. The van der Waals surface area contributed by atoms with Gasteiger partial charge < -0.3 is 10.3 Å². The van der Waals surface area contributed by atoms with E-state index in [1.165, 1.54) is 11.3 Å². The Morgan fingerprint density at radius 1 is 1.07 bits per heavy atom. The van der Waals surface area contributed by atoms with Gasteiger partial charge in [-0.3, -0.25) is 9.89 Å². The molecule has 150 valence electrons. The first kappa shape index (κ1) is 18.5. The third-order valence-electron chi connectivity index (χ3n) is 4.88. The molecule has 3 heterocycles. The van der Waals surface area contributed by atoms with E-state index in [1.807, 2.05) is 56.3 Å². The highest BCUT2D eigenvalue weighted by atomic mass is 32.1. The van der Waals surface area contributed by atoms with Crippen molar-refractivity contribution in [3.8, 4) is 10.6 Å². The van der Waals surface area contributed by atoms with E-state index in [-0.39, 0.29) is 5.78 Å². The molecule has 0 aliphatic heterocycles. The molecule has 5 rings (SSSR count). The number of H-pyrrole nitrogens is 2. The van der Waals surface area contributed by atoms with Crippen molar-refractivity contribution < 1.29 is 4.79 Å². The number of rotatable bonds is 6. The standard InChI is InChI=1S/C22H20N6OS/c1-12(2)7-20(29)19-9-13-3-4-14(10-18(13)25-19)21-27-28-22(30-21)24-16-5-6-17-15(8-16)11-23-26-17/h3-6,8-12,25H,7H2,1-2H3,(H,23,26)(H,24,28). The number of fused-ring (bicyclic) bond motifs is 2.